The molecule has 0 heterocycles. The second kappa shape index (κ2) is 7.73. The number of aliphatic carboxylic acids is 3. The van der Waals surface area contributed by atoms with Crippen LogP contribution in [0.2, 0.25) is 0 Å². The lowest BCUT2D eigenvalue weighted by molar-refractivity contribution is -0.160. The fraction of sp³-hybridized carbons (Fsp3) is 0.700. The lowest BCUT2D eigenvalue weighted by atomic mass is 9.78. The Kier molecular flexibility index (Phi) is 7.31. The number of hydrogen-bond donors (Lipinski definition) is 7. The highest BCUT2D eigenvalue weighted by molar-refractivity contribution is 7.55. The van der Waals surface area contributed by atoms with Crippen LogP contribution in [-0.2, 0) is 23.5 Å². The third-order valence-corrected chi connectivity index (χ3v) is 6.10. The molecule has 0 spiro atoms. The third kappa shape index (κ3) is 4.62. The van der Waals surface area contributed by atoms with Crippen LogP contribution in [0.15, 0.2) is 0 Å². The van der Waals surface area contributed by atoms with Gasteiger partial charge in [0.2, 0.25) is 0 Å². The van der Waals surface area contributed by atoms with Gasteiger partial charge in [-0.25, -0.2) is 0 Å². The van der Waals surface area contributed by atoms with Gasteiger partial charge < -0.3 is 34.9 Å². The highest BCUT2D eigenvalue weighted by Gasteiger charge is 2.68. The molecule has 0 bridgehead atoms. The Bertz CT molecular complexity index is 603. The van der Waals surface area contributed by atoms with E-state index in [9.17, 15) is 43.5 Å². The van der Waals surface area contributed by atoms with Gasteiger partial charge >= 0.3 is 33.1 Å². The molecule has 0 saturated heterocycles. The third-order valence-electron chi connectivity index (χ3n) is 3.48. The first-order valence-electron chi connectivity index (χ1n) is 6.42. The van der Waals surface area contributed by atoms with E-state index in [1.54, 1.807) is 0 Å². The van der Waals surface area contributed by atoms with Crippen molar-refractivity contribution >= 4 is 33.1 Å². The molecule has 7 N–H and O–H groups in total. The zero-order chi connectivity index (χ0) is 19.5. The zero-order valence-corrected chi connectivity index (χ0v) is 14.1. The summed E-state index contributed by atoms with van der Waals surface area (Å²) in [6, 6.07) is 0. The van der Waals surface area contributed by atoms with Crippen molar-refractivity contribution in [2.75, 3.05) is 6.16 Å². The summed E-state index contributed by atoms with van der Waals surface area (Å²) in [7, 11) is -11.3. The van der Waals surface area contributed by atoms with E-state index >= 15 is 0 Å². The molecule has 0 fully saturated rings. The van der Waals surface area contributed by atoms with Crippen LogP contribution in [0.4, 0.5) is 0 Å². The van der Waals surface area contributed by atoms with Gasteiger partial charge in [-0.2, -0.15) is 0 Å². The first kappa shape index (κ1) is 22.7. The SMILES string of the molecule is CCCC(C(=O)O)C(C(=O)O)(C(CP(=O)(O)O)C(=O)O)P(=O)(O)O. The van der Waals surface area contributed by atoms with Crippen LogP contribution < -0.4 is 0 Å². The monoisotopic (exact) mass is 392 g/mol. The summed E-state index contributed by atoms with van der Waals surface area (Å²) in [5.41, 5.74) is 0. The van der Waals surface area contributed by atoms with Crippen LogP contribution in [-0.4, -0.2) is 64.1 Å². The summed E-state index contributed by atoms with van der Waals surface area (Å²) in [5.74, 6) is -11.9. The van der Waals surface area contributed by atoms with Crippen LogP contribution in [0.3, 0.4) is 0 Å². The van der Waals surface area contributed by atoms with E-state index < -0.39 is 62.7 Å². The normalized spacial score (nSPS) is 17.5. The van der Waals surface area contributed by atoms with Gasteiger partial charge in [-0.1, -0.05) is 13.3 Å². The van der Waals surface area contributed by atoms with Gasteiger partial charge in [0.25, 0.3) is 0 Å². The molecule has 14 heteroatoms. The lowest BCUT2D eigenvalue weighted by Crippen LogP contribution is -2.57. The van der Waals surface area contributed by atoms with Crippen molar-refractivity contribution in [2.45, 2.75) is 24.9 Å². The predicted octanol–water partition coefficient (Wildman–Crippen LogP) is -0.633. The van der Waals surface area contributed by atoms with Crippen LogP contribution >= 0.6 is 15.2 Å². The van der Waals surface area contributed by atoms with Crippen molar-refractivity contribution in [1.29, 1.82) is 0 Å². The summed E-state index contributed by atoms with van der Waals surface area (Å²) < 4.78 is 23.0. The Morgan fingerprint density at radius 3 is 1.54 bits per heavy atom. The highest BCUT2D eigenvalue weighted by atomic mass is 31.2. The molecular weight excluding hydrogens is 374 g/mol. The molecule has 0 aliphatic rings. The number of rotatable bonds is 10. The number of carbonyl (C=O) groups is 3. The minimum absolute atomic E-state index is 0.0752. The van der Waals surface area contributed by atoms with Gasteiger partial charge in [-0.15, -0.1) is 0 Å². The maximum Gasteiger partial charge on any atom is 0.344 e. The first-order valence-corrected chi connectivity index (χ1v) is 9.83. The Morgan fingerprint density at radius 2 is 1.33 bits per heavy atom. The molecule has 0 aliphatic heterocycles. The molecule has 0 amide bonds. The lowest BCUT2D eigenvalue weighted by Gasteiger charge is -2.39. The van der Waals surface area contributed by atoms with Gasteiger partial charge in [-0.3, -0.25) is 23.5 Å². The van der Waals surface area contributed by atoms with E-state index in [0.29, 0.717) is 0 Å². The second-order valence-electron chi connectivity index (χ2n) is 5.09. The molecule has 0 radical (unpaired) electrons. The minimum atomic E-state index is -6.00. The van der Waals surface area contributed by atoms with Crippen LogP contribution in [0.5, 0.6) is 0 Å². The molecule has 0 aromatic carbocycles. The summed E-state index contributed by atoms with van der Waals surface area (Å²) in [4.78, 5) is 71.3. The van der Waals surface area contributed by atoms with Crippen LogP contribution in [0, 0.1) is 11.8 Å². The van der Waals surface area contributed by atoms with Crippen molar-refractivity contribution in [3.05, 3.63) is 0 Å². The molecule has 12 nitrogen and oxygen atoms in total. The van der Waals surface area contributed by atoms with E-state index in [0.717, 1.165) is 0 Å². The predicted molar refractivity (Wildman–Crippen MR) is 76.5 cm³/mol. The molecule has 140 valence electrons. The maximum atomic E-state index is 11.9. The first-order chi connectivity index (χ1) is 10.6. The number of carboxylic acids is 3. The standard InChI is InChI=1S/C10H18O12P2/c1-2-3-5(7(11)12)10(9(15)16,24(20,21)22)6(8(13)14)4-23(17,18)19/h5-6H,2-4H2,1H3,(H,11,12)(H,13,14)(H,15,16)(H2,17,18,19)(H2,20,21,22). The van der Waals surface area contributed by atoms with Crippen LogP contribution in [0.25, 0.3) is 0 Å². The van der Waals surface area contributed by atoms with Crippen molar-refractivity contribution in [3.8, 4) is 0 Å². The Balaban J connectivity index is 6.84. The molecule has 3 unspecified atom stereocenters. The van der Waals surface area contributed by atoms with Crippen molar-refractivity contribution < 1.29 is 58.4 Å². The second-order valence-corrected chi connectivity index (χ2v) is 8.61. The van der Waals surface area contributed by atoms with Gasteiger partial charge in [0.1, 0.15) is 0 Å². The Hall–Kier alpha value is -1.29. The summed E-state index contributed by atoms with van der Waals surface area (Å²) in [5, 5.41) is 23.9. The number of hydrogen-bond acceptors (Lipinski definition) is 5. The fourth-order valence-electron chi connectivity index (χ4n) is 2.54. The molecule has 3 atom stereocenters. The van der Waals surface area contributed by atoms with Gasteiger partial charge in [0.05, 0.1) is 18.0 Å². The largest absolute Gasteiger partial charge is 0.481 e. The van der Waals surface area contributed by atoms with E-state index in [2.05, 4.69) is 0 Å². The molecule has 0 aromatic rings. The fourth-order valence-corrected chi connectivity index (χ4v) is 5.10. The molecule has 24 heavy (non-hydrogen) atoms. The summed E-state index contributed by atoms with van der Waals surface area (Å²) in [6.07, 6.45) is -2.45. The van der Waals surface area contributed by atoms with Gasteiger partial charge in [0.15, 0.2) is 5.16 Å². The van der Waals surface area contributed by atoms with Gasteiger partial charge in [-0.05, 0) is 6.42 Å². The van der Waals surface area contributed by atoms with Gasteiger partial charge in [0, 0.05) is 0 Å². The van der Waals surface area contributed by atoms with E-state index in [-0.39, 0.29) is 6.42 Å². The molecule has 0 aromatic heterocycles. The minimum Gasteiger partial charge on any atom is -0.481 e. The van der Waals surface area contributed by atoms with E-state index in [4.69, 9.17) is 14.9 Å². The quantitative estimate of drug-likeness (QED) is 0.230. The van der Waals surface area contributed by atoms with Crippen molar-refractivity contribution in [1.82, 2.24) is 0 Å². The molecular formula is C10H18O12P2. The highest BCUT2D eigenvalue weighted by Crippen LogP contribution is 2.61. The van der Waals surface area contributed by atoms with E-state index in [1.807, 2.05) is 0 Å². The topological polar surface area (TPSA) is 227 Å². The van der Waals surface area contributed by atoms with Crippen molar-refractivity contribution in [3.63, 3.8) is 0 Å². The zero-order valence-electron chi connectivity index (χ0n) is 12.3. The number of carboxylic acid groups (broad SMARTS) is 3. The molecule has 0 saturated carbocycles. The smallest absolute Gasteiger partial charge is 0.344 e. The summed E-state index contributed by atoms with van der Waals surface area (Å²) in [6.45, 7) is 1.36. The van der Waals surface area contributed by atoms with E-state index in [1.165, 1.54) is 6.92 Å². The average molecular weight is 392 g/mol. The Labute approximate surface area is 135 Å². The summed E-state index contributed by atoms with van der Waals surface area (Å²) >= 11 is 0. The molecule has 0 aliphatic carbocycles. The molecule has 0 rings (SSSR count). The average Bonchev–Trinajstić information content (AvgIpc) is 2.33. The van der Waals surface area contributed by atoms with Crippen LogP contribution in [0.1, 0.15) is 19.8 Å². The maximum absolute atomic E-state index is 11.9. The Morgan fingerprint density at radius 1 is 0.917 bits per heavy atom. The van der Waals surface area contributed by atoms with Crippen molar-refractivity contribution in [2.24, 2.45) is 11.8 Å².